The highest BCUT2D eigenvalue weighted by Gasteiger charge is 2.27. The number of benzene rings is 2. The van der Waals surface area contributed by atoms with Gasteiger partial charge >= 0.3 is 0 Å². The van der Waals surface area contributed by atoms with Gasteiger partial charge in [0.1, 0.15) is 23.7 Å². The summed E-state index contributed by atoms with van der Waals surface area (Å²) >= 11 is 5.81. The van der Waals surface area contributed by atoms with Crippen molar-refractivity contribution in [3.05, 3.63) is 65.7 Å². The summed E-state index contributed by atoms with van der Waals surface area (Å²) in [4.78, 5) is 23.7. The minimum atomic E-state index is -0.514. The average Bonchev–Trinajstić information content (AvgIpc) is 2.81. The van der Waals surface area contributed by atoms with Crippen LogP contribution in [0.2, 0.25) is 5.02 Å². The third kappa shape index (κ3) is 4.94. The molecule has 160 valence electrons. The van der Waals surface area contributed by atoms with E-state index in [4.69, 9.17) is 16.3 Å². The highest BCUT2D eigenvalue weighted by atomic mass is 35.5. The number of ether oxygens (including phenoxy) is 1. The number of carbonyl (C=O) groups excluding carboxylic acids is 1. The van der Waals surface area contributed by atoms with Gasteiger partial charge in [0, 0.05) is 30.4 Å². The Hall–Kier alpha value is -3.19. The topological polar surface area (TPSA) is 67.3 Å². The summed E-state index contributed by atoms with van der Waals surface area (Å²) in [6, 6.07) is 13.8. The molecule has 1 saturated heterocycles. The maximum absolute atomic E-state index is 13.4. The SMILES string of the molecule is COc1ccc(-c2cc(N3CCCC(C(=O)Nc4ccc(F)c(Cl)c4)C3)ncn2)cc1. The van der Waals surface area contributed by atoms with Crippen LogP contribution in [0.25, 0.3) is 11.3 Å². The predicted octanol–water partition coefficient (Wildman–Crippen LogP) is 4.80. The van der Waals surface area contributed by atoms with Gasteiger partial charge in [0.15, 0.2) is 0 Å². The van der Waals surface area contributed by atoms with E-state index in [2.05, 4.69) is 20.2 Å². The molecule has 1 aliphatic rings. The number of anilines is 2. The Morgan fingerprint density at radius 3 is 2.74 bits per heavy atom. The van der Waals surface area contributed by atoms with Gasteiger partial charge in [-0.05, 0) is 55.3 Å². The number of carbonyl (C=O) groups is 1. The number of hydrogen-bond donors (Lipinski definition) is 1. The van der Waals surface area contributed by atoms with E-state index in [0.717, 1.165) is 42.2 Å². The summed E-state index contributed by atoms with van der Waals surface area (Å²) < 4.78 is 18.6. The molecule has 2 heterocycles. The van der Waals surface area contributed by atoms with Crippen LogP contribution in [0.5, 0.6) is 5.75 Å². The molecule has 0 saturated carbocycles. The van der Waals surface area contributed by atoms with E-state index in [9.17, 15) is 9.18 Å². The summed E-state index contributed by atoms with van der Waals surface area (Å²) in [6.45, 7) is 1.35. The lowest BCUT2D eigenvalue weighted by Crippen LogP contribution is -2.41. The van der Waals surface area contributed by atoms with Crippen molar-refractivity contribution < 1.29 is 13.9 Å². The van der Waals surface area contributed by atoms with Crippen LogP contribution in [0.3, 0.4) is 0 Å². The van der Waals surface area contributed by atoms with Crippen molar-refractivity contribution >= 4 is 29.0 Å². The molecule has 1 fully saturated rings. The molecular formula is C23H22ClFN4O2. The van der Waals surface area contributed by atoms with E-state index in [1.807, 2.05) is 30.3 Å². The van der Waals surface area contributed by atoms with Crippen LogP contribution >= 0.6 is 11.6 Å². The quantitative estimate of drug-likeness (QED) is 0.617. The molecule has 1 N–H and O–H groups in total. The molecule has 1 aliphatic heterocycles. The van der Waals surface area contributed by atoms with Crippen LogP contribution in [0.1, 0.15) is 12.8 Å². The van der Waals surface area contributed by atoms with Gasteiger partial charge in [0.25, 0.3) is 0 Å². The lowest BCUT2D eigenvalue weighted by molar-refractivity contribution is -0.120. The number of halogens is 2. The van der Waals surface area contributed by atoms with Gasteiger partial charge in [-0.2, -0.15) is 0 Å². The molecule has 0 aliphatic carbocycles. The molecule has 4 rings (SSSR count). The van der Waals surface area contributed by atoms with E-state index >= 15 is 0 Å². The Morgan fingerprint density at radius 2 is 2.00 bits per heavy atom. The monoisotopic (exact) mass is 440 g/mol. The molecule has 2 aromatic carbocycles. The van der Waals surface area contributed by atoms with Gasteiger partial charge in [-0.1, -0.05) is 11.6 Å². The van der Waals surface area contributed by atoms with Crippen molar-refractivity contribution in [1.82, 2.24) is 9.97 Å². The molecular weight excluding hydrogens is 419 g/mol. The Labute approximate surface area is 185 Å². The molecule has 1 atom stereocenters. The van der Waals surface area contributed by atoms with Gasteiger partial charge in [0.2, 0.25) is 5.91 Å². The Kier molecular flexibility index (Phi) is 6.32. The molecule has 1 amide bonds. The molecule has 0 bridgehead atoms. The second-order valence-corrected chi connectivity index (χ2v) is 7.80. The first kappa shape index (κ1) is 21.1. The fraction of sp³-hybridized carbons (Fsp3) is 0.261. The minimum Gasteiger partial charge on any atom is -0.497 e. The molecule has 0 radical (unpaired) electrons. The molecule has 1 unspecified atom stereocenters. The lowest BCUT2D eigenvalue weighted by atomic mass is 9.97. The van der Waals surface area contributed by atoms with Crippen molar-refractivity contribution in [2.75, 3.05) is 30.4 Å². The summed E-state index contributed by atoms with van der Waals surface area (Å²) in [5.74, 6) is 0.724. The van der Waals surface area contributed by atoms with Crippen molar-refractivity contribution in [2.45, 2.75) is 12.8 Å². The maximum Gasteiger partial charge on any atom is 0.229 e. The lowest BCUT2D eigenvalue weighted by Gasteiger charge is -2.33. The number of methoxy groups -OCH3 is 1. The molecule has 6 nitrogen and oxygen atoms in total. The molecule has 31 heavy (non-hydrogen) atoms. The number of amides is 1. The molecule has 1 aromatic heterocycles. The van der Waals surface area contributed by atoms with Crippen molar-refractivity contribution in [3.63, 3.8) is 0 Å². The van der Waals surface area contributed by atoms with Gasteiger partial charge in [-0.25, -0.2) is 14.4 Å². The van der Waals surface area contributed by atoms with Crippen molar-refractivity contribution in [2.24, 2.45) is 5.92 Å². The maximum atomic E-state index is 13.4. The summed E-state index contributed by atoms with van der Waals surface area (Å²) in [5.41, 5.74) is 2.25. The number of hydrogen-bond acceptors (Lipinski definition) is 5. The molecule has 8 heteroatoms. The van der Waals surface area contributed by atoms with Crippen molar-refractivity contribution in [1.29, 1.82) is 0 Å². The summed E-state index contributed by atoms with van der Waals surface area (Å²) in [7, 11) is 1.63. The van der Waals surface area contributed by atoms with Crippen LogP contribution in [0.15, 0.2) is 54.9 Å². The van der Waals surface area contributed by atoms with Gasteiger partial charge in [0.05, 0.1) is 23.7 Å². The van der Waals surface area contributed by atoms with Crippen molar-refractivity contribution in [3.8, 4) is 17.0 Å². The zero-order valence-corrected chi connectivity index (χ0v) is 17.8. The number of aromatic nitrogens is 2. The predicted molar refractivity (Wildman–Crippen MR) is 119 cm³/mol. The Morgan fingerprint density at radius 1 is 1.19 bits per heavy atom. The fourth-order valence-corrected chi connectivity index (χ4v) is 3.84. The molecule has 3 aromatic rings. The van der Waals surface area contributed by atoms with Crippen LogP contribution < -0.4 is 15.0 Å². The van der Waals surface area contributed by atoms with E-state index in [1.165, 1.54) is 18.2 Å². The fourth-order valence-electron chi connectivity index (χ4n) is 3.66. The highest BCUT2D eigenvalue weighted by molar-refractivity contribution is 6.31. The van der Waals surface area contributed by atoms with E-state index < -0.39 is 5.82 Å². The Bertz CT molecular complexity index is 1080. The summed E-state index contributed by atoms with van der Waals surface area (Å²) in [6.07, 6.45) is 3.18. The minimum absolute atomic E-state index is 0.0184. The first-order valence-electron chi connectivity index (χ1n) is 10.0. The third-order valence-electron chi connectivity index (χ3n) is 5.34. The zero-order valence-electron chi connectivity index (χ0n) is 17.0. The standard InChI is InChI=1S/C23H22ClFN4O2/c1-31-18-7-4-15(5-8-18)21-12-22(27-14-26-21)29-10-2-3-16(13-29)23(30)28-17-6-9-20(25)19(24)11-17/h4-9,11-12,14,16H,2-3,10,13H2,1H3,(H,28,30). The number of piperidine rings is 1. The largest absolute Gasteiger partial charge is 0.497 e. The van der Waals surface area contributed by atoms with Gasteiger partial charge in [-0.3, -0.25) is 4.79 Å². The third-order valence-corrected chi connectivity index (χ3v) is 5.63. The van der Waals surface area contributed by atoms with Crippen LogP contribution in [-0.4, -0.2) is 36.1 Å². The second-order valence-electron chi connectivity index (χ2n) is 7.39. The number of nitrogens with one attached hydrogen (secondary N) is 1. The van der Waals surface area contributed by atoms with Crippen LogP contribution in [0, 0.1) is 11.7 Å². The number of nitrogens with zero attached hydrogens (tertiary/aromatic N) is 3. The molecule has 0 spiro atoms. The van der Waals surface area contributed by atoms with E-state index in [0.29, 0.717) is 12.2 Å². The number of rotatable bonds is 5. The van der Waals surface area contributed by atoms with Gasteiger partial charge < -0.3 is 15.0 Å². The first-order valence-corrected chi connectivity index (χ1v) is 10.4. The second kappa shape index (κ2) is 9.31. The normalized spacial score (nSPS) is 16.1. The van der Waals surface area contributed by atoms with Gasteiger partial charge in [-0.15, -0.1) is 0 Å². The highest BCUT2D eigenvalue weighted by Crippen LogP contribution is 2.27. The smallest absolute Gasteiger partial charge is 0.229 e. The van der Waals surface area contributed by atoms with Crippen LogP contribution in [0.4, 0.5) is 15.9 Å². The zero-order chi connectivity index (χ0) is 21.8. The first-order chi connectivity index (χ1) is 15.0. The average molecular weight is 441 g/mol. The van der Waals surface area contributed by atoms with E-state index in [1.54, 1.807) is 13.4 Å². The Balaban J connectivity index is 1.46. The van der Waals surface area contributed by atoms with Crippen LogP contribution in [-0.2, 0) is 4.79 Å². The summed E-state index contributed by atoms with van der Waals surface area (Å²) in [5, 5.41) is 2.82. The van der Waals surface area contributed by atoms with E-state index in [-0.39, 0.29) is 16.8 Å².